The summed E-state index contributed by atoms with van der Waals surface area (Å²) < 4.78 is 12.5. The zero-order valence-corrected chi connectivity index (χ0v) is 16.1. The standard InChI is InChI=1S/C10H13F.C10H14.C2H6/c1-10(2,3)8-4-6-9(11)7-5-8;1-10(2,3)9-7-5-4-6-8-9;1-2/h4-7H,1-3H3;4-8H,1-3H3;1-2H3. The number of hydrogen-bond acceptors (Lipinski definition) is 0. The van der Waals surface area contributed by atoms with Crippen LogP contribution in [0.3, 0.4) is 0 Å². The molecular formula is C22H33F. The highest BCUT2D eigenvalue weighted by Gasteiger charge is 2.12. The molecule has 23 heavy (non-hydrogen) atoms. The van der Waals surface area contributed by atoms with Gasteiger partial charge in [0.2, 0.25) is 0 Å². The third-order valence-corrected chi connectivity index (χ3v) is 3.35. The summed E-state index contributed by atoms with van der Waals surface area (Å²) in [5.41, 5.74) is 2.98. The third kappa shape index (κ3) is 8.54. The lowest BCUT2D eigenvalue weighted by Gasteiger charge is -2.18. The Balaban J connectivity index is 0.000000381. The lowest BCUT2D eigenvalue weighted by molar-refractivity contribution is 0.583. The van der Waals surface area contributed by atoms with Crippen LogP contribution in [0, 0.1) is 5.82 Å². The molecule has 0 unspecified atom stereocenters. The molecule has 0 atom stereocenters. The maximum absolute atomic E-state index is 12.5. The molecule has 2 rings (SSSR count). The van der Waals surface area contributed by atoms with Gasteiger partial charge in [0.15, 0.2) is 0 Å². The topological polar surface area (TPSA) is 0 Å². The Bertz CT molecular complexity index is 525. The van der Waals surface area contributed by atoms with Gasteiger partial charge in [-0.05, 0) is 34.1 Å². The van der Waals surface area contributed by atoms with E-state index in [4.69, 9.17) is 0 Å². The van der Waals surface area contributed by atoms with Gasteiger partial charge in [0.25, 0.3) is 0 Å². The molecule has 0 aromatic heterocycles. The summed E-state index contributed by atoms with van der Waals surface area (Å²) in [4.78, 5) is 0. The Kier molecular flexibility index (Phi) is 8.82. The van der Waals surface area contributed by atoms with Crippen molar-refractivity contribution in [3.05, 3.63) is 71.5 Å². The first-order chi connectivity index (χ1) is 10.6. The average Bonchev–Trinajstić information content (AvgIpc) is 2.49. The van der Waals surface area contributed by atoms with Gasteiger partial charge in [-0.15, -0.1) is 0 Å². The predicted octanol–water partition coefficient (Wildman–Crippen LogP) is 7.13. The Morgan fingerprint density at radius 3 is 1.22 bits per heavy atom. The average molecular weight is 317 g/mol. The highest BCUT2D eigenvalue weighted by Crippen LogP contribution is 2.22. The molecule has 0 fully saturated rings. The summed E-state index contributed by atoms with van der Waals surface area (Å²) in [6.07, 6.45) is 0. The first-order valence-corrected chi connectivity index (χ1v) is 8.42. The van der Waals surface area contributed by atoms with E-state index in [1.54, 1.807) is 0 Å². The zero-order valence-electron chi connectivity index (χ0n) is 16.1. The summed E-state index contributed by atoms with van der Waals surface area (Å²) in [5, 5.41) is 0. The van der Waals surface area contributed by atoms with Crippen LogP contribution in [0.15, 0.2) is 54.6 Å². The van der Waals surface area contributed by atoms with E-state index in [9.17, 15) is 4.39 Å². The van der Waals surface area contributed by atoms with Crippen LogP contribution in [-0.4, -0.2) is 0 Å². The fourth-order valence-corrected chi connectivity index (χ4v) is 1.89. The minimum atomic E-state index is -0.169. The molecule has 0 radical (unpaired) electrons. The molecule has 0 bridgehead atoms. The first kappa shape index (κ1) is 21.4. The van der Waals surface area contributed by atoms with Crippen molar-refractivity contribution in [3.8, 4) is 0 Å². The predicted molar refractivity (Wildman–Crippen MR) is 102 cm³/mol. The summed E-state index contributed by atoms with van der Waals surface area (Å²) in [7, 11) is 0. The fraction of sp³-hybridized carbons (Fsp3) is 0.455. The highest BCUT2D eigenvalue weighted by molar-refractivity contribution is 5.23. The Morgan fingerprint density at radius 1 is 0.565 bits per heavy atom. The SMILES string of the molecule is CC.CC(C)(C)c1ccc(F)cc1.CC(C)(C)c1ccccc1. The van der Waals surface area contributed by atoms with E-state index in [1.165, 1.54) is 23.3 Å². The molecule has 0 saturated heterocycles. The van der Waals surface area contributed by atoms with Gasteiger partial charge in [0, 0.05) is 0 Å². The quantitative estimate of drug-likeness (QED) is 0.485. The van der Waals surface area contributed by atoms with E-state index in [2.05, 4.69) is 71.9 Å². The number of hydrogen-bond donors (Lipinski definition) is 0. The largest absolute Gasteiger partial charge is 0.207 e. The molecule has 0 aliphatic carbocycles. The summed E-state index contributed by atoms with van der Waals surface area (Å²) in [5.74, 6) is -0.169. The Hall–Kier alpha value is -1.63. The van der Waals surface area contributed by atoms with Gasteiger partial charge in [-0.1, -0.05) is 97.9 Å². The van der Waals surface area contributed by atoms with Crippen molar-refractivity contribution in [3.63, 3.8) is 0 Å². The number of rotatable bonds is 0. The first-order valence-electron chi connectivity index (χ1n) is 8.42. The molecule has 0 aliphatic rings. The van der Waals surface area contributed by atoms with Crippen molar-refractivity contribution in [1.29, 1.82) is 0 Å². The Morgan fingerprint density at radius 2 is 0.913 bits per heavy atom. The van der Waals surface area contributed by atoms with Crippen LogP contribution in [0.5, 0.6) is 0 Å². The molecule has 0 aliphatic heterocycles. The molecule has 2 aromatic rings. The van der Waals surface area contributed by atoms with Crippen LogP contribution >= 0.6 is 0 Å². The Labute approximate surface area is 142 Å². The van der Waals surface area contributed by atoms with E-state index < -0.39 is 0 Å². The van der Waals surface area contributed by atoms with Gasteiger partial charge in [-0.2, -0.15) is 0 Å². The molecule has 0 nitrogen and oxygen atoms in total. The molecule has 128 valence electrons. The minimum absolute atomic E-state index is 0.119. The third-order valence-electron chi connectivity index (χ3n) is 3.35. The number of benzene rings is 2. The summed E-state index contributed by atoms with van der Waals surface area (Å²) in [6.45, 7) is 17.0. The van der Waals surface area contributed by atoms with Crippen LogP contribution in [0.4, 0.5) is 4.39 Å². The second-order valence-corrected chi connectivity index (χ2v) is 7.37. The molecule has 0 saturated carbocycles. The fourth-order valence-electron chi connectivity index (χ4n) is 1.89. The maximum Gasteiger partial charge on any atom is 0.123 e. The van der Waals surface area contributed by atoms with Gasteiger partial charge >= 0.3 is 0 Å². The molecule has 2 aromatic carbocycles. The van der Waals surface area contributed by atoms with E-state index >= 15 is 0 Å². The van der Waals surface area contributed by atoms with Crippen molar-refractivity contribution >= 4 is 0 Å². The van der Waals surface area contributed by atoms with Crippen molar-refractivity contribution in [2.24, 2.45) is 0 Å². The van der Waals surface area contributed by atoms with Crippen LogP contribution in [0.25, 0.3) is 0 Å². The van der Waals surface area contributed by atoms with Crippen molar-refractivity contribution in [2.75, 3.05) is 0 Å². The maximum atomic E-state index is 12.5. The molecule has 0 N–H and O–H groups in total. The van der Waals surface area contributed by atoms with E-state index in [0.29, 0.717) is 5.41 Å². The minimum Gasteiger partial charge on any atom is -0.207 e. The van der Waals surface area contributed by atoms with Crippen LogP contribution in [0.1, 0.15) is 66.5 Å². The zero-order chi connectivity index (χ0) is 18.1. The monoisotopic (exact) mass is 316 g/mol. The van der Waals surface area contributed by atoms with Gasteiger partial charge < -0.3 is 0 Å². The van der Waals surface area contributed by atoms with Crippen LogP contribution in [0.2, 0.25) is 0 Å². The highest BCUT2D eigenvalue weighted by atomic mass is 19.1. The van der Waals surface area contributed by atoms with E-state index in [1.807, 2.05) is 26.0 Å². The van der Waals surface area contributed by atoms with E-state index in [0.717, 1.165) is 0 Å². The summed E-state index contributed by atoms with van der Waals surface area (Å²) in [6, 6.07) is 17.2. The van der Waals surface area contributed by atoms with Crippen molar-refractivity contribution in [1.82, 2.24) is 0 Å². The molecule has 0 heterocycles. The van der Waals surface area contributed by atoms with Gasteiger partial charge in [0.05, 0.1) is 0 Å². The van der Waals surface area contributed by atoms with Gasteiger partial charge in [-0.3, -0.25) is 0 Å². The lowest BCUT2D eigenvalue weighted by atomic mass is 9.87. The van der Waals surface area contributed by atoms with Gasteiger partial charge in [-0.25, -0.2) is 4.39 Å². The normalized spacial score (nSPS) is 10.8. The lowest BCUT2D eigenvalue weighted by Crippen LogP contribution is -2.10. The summed E-state index contributed by atoms with van der Waals surface area (Å²) >= 11 is 0. The van der Waals surface area contributed by atoms with Crippen molar-refractivity contribution < 1.29 is 4.39 Å². The van der Waals surface area contributed by atoms with Gasteiger partial charge in [0.1, 0.15) is 5.82 Å². The molecular weight excluding hydrogens is 283 g/mol. The second-order valence-electron chi connectivity index (χ2n) is 7.37. The molecule has 0 spiro atoms. The van der Waals surface area contributed by atoms with Crippen molar-refractivity contribution in [2.45, 2.75) is 66.2 Å². The smallest absolute Gasteiger partial charge is 0.123 e. The van der Waals surface area contributed by atoms with Crippen LogP contribution < -0.4 is 0 Å². The second kappa shape index (κ2) is 9.50. The van der Waals surface area contributed by atoms with Crippen LogP contribution in [-0.2, 0) is 10.8 Å². The number of halogens is 1. The molecule has 1 heteroatoms. The molecule has 0 amide bonds. The van der Waals surface area contributed by atoms with E-state index in [-0.39, 0.29) is 11.2 Å².